The van der Waals surface area contributed by atoms with Crippen LogP contribution in [0.2, 0.25) is 0 Å². The molecule has 0 aromatic heterocycles. The van der Waals surface area contributed by atoms with Gasteiger partial charge in [0, 0.05) is 5.41 Å². The lowest BCUT2D eigenvalue weighted by Crippen LogP contribution is -2.64. The lowest BCUT2D eigenvalue weighted by Gasteiger charge is -2.70. The summed E-state index contributed by atoms with van der Waals surface area (Å²) in [5.74, 6) is -0.713. The first-order valence-corrected chi connectivity index (χ1v) is 17.5. The predicted octanol–water partition coefficient (Wildman–Crippen LogP) is 7.51. The number of hydrogen-bond acceptors (Lipinski definition) is 7. The maximum Gasteiger partial charge on any atom is 0.336 e. The highest BCUT2D eigenvalue weighted by atomic mass is 32.2. The molecule has 2 amide bonds. The summed E-state index contributed by atoms with van der Waals surface area (Å²) in [6.07, 6.45) is 11.5. The minimum absolute atomic E-state index is 0.0269. The zero-order valence-corrected chi connectivity index (χ0v) is 28.3. The number of rotatable bonds is 4. The van der Waals surface area contributed by atoms with E-state index in [1.807, 2.05) is 0 Å². The van der Waals surface area contributed by atoms with E-state index in [0.717, 1.165) is 81.7 Å². The Labute approximate surface area is 265 Å². The molecule has 0 bridgehead atoms. The Bertz CT molecular complexity index is 1370. The van der Waals surface area contributed by atoms with E-state index in [1.165, 1.54) is 5.57 Å². The maximum absolute atomic E-state index is 12.9. The largest absolute Gasteiger partial charge is 0.481 e. The van der Waals surface area contributed by atoms with Crippen LogP contribution in [-0.4, -0.2) is 39.2 Å². The molecule has 5 aliphatic carbocycles. The topological polar surface area (TPSA) is 122 Å². The highest BCUT2D eigenvalue weighted by Crippen LogP contribution is 2.75. The van der Waals surface area contributed by atoms with E-state index in [0.29, 0.717) is 11.8 Å². The van der Waals surface area contributed by atoms with Crippen LogP contribution in [0.15, 0.2) is 16.8 Å². The quantitative estimate of drug-likeness (QED) is 0.188. The van der Waals surface area contributed by atoms with Gasteiger partial charge in [-0.15, -0.1) is 0 Å². The Morgan fingerprint density at radius 3 is 2.36 bits per heavy atom. The van der Waals surface area contributed by atoms with Crippen LogP contribution in [0.5, 0.6) is 0 Å². The van der Waals surface area contributed by atoms with Gasteiger partial charge < -0.3 is 9.94 Å². The van der Waals surface area contributed by atoms with Crippen LogP contribution in [0, 0.1) is 50.2 Å². The molecule has 6 aliphatic rings. The van der Waals surface area contributed by atoms with E-state index >= 15 is 0 Å². The van der Waals surface area contributed by atoms with Crippen molar-refractivity contribution in [2.45, 2.75) is 124 Å². The molecule has 9 heteroatoms. The minimum Gasteiger partial charge on any atom is -0.481 e. The van der Waals surface area contributed by atoms with Crippen molar-refractivity contribution in [3.05, 3.63) is 11.6 Å². The predicted molar refractivity (Wildman–Crippen MR) is 170 cm³/mol. The van der Waals surface area contributed by atoms with Crippen molar-refractivity contribution >= 4 is 40.6 Å². The number of amides is 2. The lowest BCUT2D eigenvalue weighted by atomic mass is 9.33. The Hall–Kier alpha value is -2.16. The number of nitrogens with zero attached hydrogens (tertiary/aromatic N) is 1. The van der Waals surface area contributed by atoms with Gasteiger partial charge in [-0.2, -0.15) is 0 Å². The fourth-order valence-electron chi connectivity index (χ4n) is 11.4. The molecule has 242 valence electrons. The van der Waals surface area contributed by atoms with Crippen molar-refractivity contribution in [3.8, 4) is 0 Å². The number of thioether (sulfide) groups is 1. The van der Waals surface area contributed by atoms with Crippen LogP contribution in [0.4, 0.5) is 4.79 Å². The summed E-state index contributed by atoms with van der Waals surface area (Å²) in [5.41, 5.74) is 1.70. The van der Waals surface area contributed by atoms with Crippen molar-refractivity contribution in [2.24, 2.45) is 55.4 Å². The number of carboxylic acids is 1. The third-order valence-corrected chi connectivity index (χ3v) is 15.2. The van der Waals surface area contributed by atoms with E-state index in [9.17, 15) is 24.3 Å². The second-order valence-electron chi connectivity index (χ2n) is 17.0. The normalized spacial score (nSPS) is 44.8. The SMILES string of the molecule is CC1(C)CC[C@]2(C(=O)O)CC[C@]3(C)C(=CC[C@@H]4[C@@]5(C)CC/C(=N/OC(=O)C[C@@H]6SC(=O)NC6=O)C(C)(C)[C@@H]5CC[C@]43C)[C@H]2C1. The highest BCUT2D eigenvalue weighted by Gasteiger charge is 2.69. The third kappa shape index (κ3) is 4.48. The van der Waals surface area contributed by atoms with E-state index in [-0.39, 0.29) is 39.4 Å². The van der Waals surface area contributed by atoms with Gasteiger partial charge in [-0.1, -0.05) is 77.0 Å². The summed E-state index contributed by atoms with van der Waals surface area (Å²) in [6.45, 7) is 16.6. The summed E-state index contributed by atoms with van der Waals surface area (Å²) in [6, 6.07) is 0. The van der Waals surface area contributed by atoms with Crippen LogP contribution in [-0.2, 0) is 19.2 Å². The maximum atomic E-state index is 12.9. The number of fused-ring (bicyclic) bond motifs is 7. The second-order valence-corrected chi connectivity index (χ2v) is 18.2. The minimum atomic E-state index is -0.764. The Morgan fingerprint density at radius 2 is 1.70 bits per heavy atom. The number of carbonyl (C=O) groups excluding carboxylic acids is 3. The zero-order valence-electron chi connectivity index (χ0n) is 27.5. The van der Waals surface area contributed by atoms with Gasteiger partial charge in [0.05, 0.1) is 17.5 Å². The van der Waals surface area contributed by atoms with Gasteiger partial charge in [0.25, 0.3) is 5.24 Å². The standard InChI is InChI=1S/C35H50N2O6S/c1-30(2)14-16-35(28(40)41)17-15-33(6)20(21(35)19-30)8-9-24-32(5)12-11-25(31(3,4)23(32)10-13-34(24,33)7)37-43-26(38)18-22-27(39)36-29(42)44-22/h8,21-24H,9-19H2,1-7H3,(H,40,41)(H,36,39,42)/b37-25-/t21-,22+,23+,24-,32+,33-,34-,35+/m1/s1. The average molecular weight is 627 g/mol. The molecule has 8 atom stereocenters. The number of aliphatic carboxylic acids is 1. The molecule has 4 saturated carbocycles. The van der Waals surface area contributed by atoms with Gasteiger partial charge in [0.1, 0.15) is 5.25 Å². The van der Waals surface area contributed by atoms with Gasteiger partial charge in [-0.25, -0.2) is 4.79 Å². The molecular weight excluding hydrogens is 576 g/mol. The first-order chi connectivity index (χ1) is 20.4. The van der Waals surface area contributed by atoms with E-state index < -0.39 is 33.7 Å². The molecule has 5 fully saturated rings. The number of carbonyl (C=O) groups is 4. The number of imide groups is 1. The Balaban J connectivity index is 1.26. The molecule has 8 nitrogen and oxygen atoms in total. The highest BCUT2D eigenvalue weighted by molar-refractivity contribution is 8.15. The number of carboxylic acid groups (broad SMARTS) is 1. The fourth-order valence-corrected chi connectivity index (χ4v) is 12.2. The first kappa shape index (κ1) is 31.8. The van der Waals surface area contributed by atoms with Crippen LogP contribution >= 0.6 is 11.8 Å². The van der Waals surface area contributed by atoms with Gasteiger partial charge in [0.15, 0.2) is 0 Å². The molecule has 0 radical (unpaired) electrons. The molecule has 6 rings (SSSR count). The van der Waals surface area contributed by atoms with Gasteiger partial charge in [-0.05, 0) is 104 Å². The van der Waals surface area contributed by atoms with Gasteiger partial charge in [0.2, 0.25) is 5.91 Å². The number of hydrogen-bond donors (Lipinski definition) is 2. The van der Waals surface area contributed by atoms with Crippen molar-refractivity contribution in [1.29, 1.82) is 0 Å². The molecule has 44 heavy (non-hydrogen) atoms. The van der Waals surface area contributed by atoms with Crippen LogP contribution in [0.3, 0.4) is 0 Å². The van der Waals surface area contributed by atoms with E-state index in [2.05, 4.69) is 65.0 Å². The molecule has 2 N–H and O–H groups in total. The molecule has 1 saturated heterocycles. The van der Waals surface area contributed by atoms with Crippen molar-refractivity contribution < 1.29 is 29.1 Å². The molecule has 1 aliphatic heterocycles. The third-order valence-electron chi connectivity index (χ3n) is 14.2. The number of allylic oxidation sites excluding steroid dienone is 2. The van der Waals surface area contributed by atoms with Crippen molar-refractivity contribution in [1.82, 2.24) is 5.32 Å². The summed E-state index contributed by atoms with van der Waals surface area (Å²) in [5, 5.41) is 16.0. The molecule has 1 heterocycles. The van der Waals surface area contributed by atoms with Crippen molar-refractivity contribution in [3.63, 3.8) is 0 Å². The Morgan fingerprint density at radius 1 is 1.00 bits per heavy atom. The van der Waals surface area contributed by atoms with E-state index in [4.69, 9.17) is 4.84 Å². The molecule has 0 spiro atoms. The Kier molecular flexibility index (Phi) is 7.35. The fraction of sp³-hybridized carbons (Fsp3) is 0.800. The van der Waals surface area contributed by atoms with Crippen molar-refractivity contribution in [2.75, 3.05) is 0 Å². The first-order valence-electron chi connectivity index (χ1n) is 16.6. The average Bonchev–Trinajstić information content (AvgIpc) is 3.23. The van der Waals surface area contributed by atoms with Crippen LogP contribution in [0.1, 0.15) is 119 Å². The number of oxime groups is 1. The van der Waals surface area contributed by atoms with Gasteiger partial charge in [-0.3, -0.25) is 19.7 Å². The molecule has 0 unspecified atom stereocenters. The smallest absolute Gasteiger partial charge is 0.336 e. The molecule has 0 aromatic carbocycles. The lowest BCUT2D eigenvalue weighted by molar-refractivity contribution is -0.179. The van der Waals surface area contributed by atoms with Gasteiger partial charge >= 0.3 is 11.9 Å². The van der Waals surface area contributed by atoms with Crippen LogP contribution < -0.4 is 5.32 Å². The summed E-state index contributed by atoms with van der Waals surface area (Å²) < 4.78 is 0. The second kappa shape index (κ2) is 10.2. The monoisotopic (exact) mass is 626 g/mol. The summed E-state index contributed by atoms with van der Waals surface area (Å²) in [4.78, 5) is 54.2. The summed E-state index contributed by atoms with van der Waals surface area (Å²) in [7, 11) is 0. The summed E-state index contributed by atoms with van der Waals surface area (Å²) >= 11 is 0.820. The van der Waals surface area contributed by atoms with E-state index in [1.54, 1.807) is 0 Å². The zero-order chi connectivity index (χ0) is 32.1. The molecule has 0 aromatic rings. The van der Waals surface area contributed by atoms with Crippen LogP contribution in [0.25, 0.3) is 0 Å². The molecular formula is C35H50N2O6S. The number of nitrogens with one attached hydrogen (secondary N) is 1.